The van der Waals surface area contributed by atoms with Crippen LogP contribution in [-0.2, 0) is 13.0 Å². The third-order valence-corrected chi connectivity index (χ3v) is 4.86. The summed E-state index contributed by atoms with van der Waals surface area (Å²) in [4.78, 5) is 12.8. The van der Waals surface area contributed by atoms with Crippen molar-refractivity contribution in [2.24, 2.45) is 0 Å². The van der Waals surface area contributed by atoms with Crippen molar-refractivity contribution in [2.45, 2.75) is 20.0 Å². The maximum atomic E-state index is 6.22. The number of aryl methyl sites for hydroxylation is 1. The van der Waals surface area contributed by atoms with E-state index in [9.17, 15) is 0 Å². The number of nitrogens with one attached hydrogen (secondary N) is 1. The van der Waals surface area contributed by atoms with Crippen LogP contribution in [0.3, 0.4) is 0 Å². The molecule has 3 N–H and O–H groups in total. The van der Waals surface area contributed by atoms with Crippen LogP contribution in [0.15, 0.2) is 72.8 Å². The van der Waals surface area contributed by atoms with Crippen molar-refractivity contribution < 1.29 is 4.74 Å². The molecule has 1 aromatic heterocycles. The van der Waals surface area contributed by atoms with Gasteiger partial charge in [-0.3, -0.25) is 0 Å². The molecular formula is C24H22ClN5O. The van der Waals surface area contributed by atoms with Crippen molar-refractivity contribution in [1.29, 1.82) is 0 Å². The summed E-state index contributed by atoms with van der Waals surface area (Å²) in [7, 11) is 0. The highest BCUT2D eigenvalue weighted by Gasteiger charge is 2.10. The highest BCUT2D eigenvalue weighted by atomic mass is 35.5. The molecule has 0 bridgehead atoms. The predicted molar refractivity (Wildman–Crippen MR) is 124 cm³/mol. The van der Waals surface area contributed by atoms with Crippen molar-refractivity contribution in [3.63, 3.8) is 0 Å². The highest BCUT2D eigenvalue weighted by molar-refractivity contribution is 6.30. The van der Waals surface area contributed by atoms with Gasteiger partial charge < -0.3 is 15.8 Å². The molecule has 4 rings (SSSR count). The fraction of sp³-hybridized carbons (Fsp3) is 0.125. The third kappa shape index (κ3) is 5.71. The first kappa shape index (κ1) is 20.6. The summed E-state index contributed by atoms with van der Waals surface area (Å²) in [6.45, 7) is 2.18. The molecule has 1 heterocycles. The molecule has 0 saturated carbocycles. The SMILES string of the molecule is Cc1ccc(Nc2nc(N)nc(COc3ccc(Cl)cc3Cc3ccccc3)n2)cc1. The Labute approximate surface area is 186 Å². The lowest BCUT2D eigenvalue weighted by atomic mass is 10.0. The van der Waals surface area contributed by atoms with Gasteiger partial charge in [-0.1, -0.05) is 59.6 Å². The van der Waals surface area contributed by atoms with E-state index in [2.05, 4.69) is 32.4 Å². The number of ether oxygens (including phenoxy) is 1. The summed E-state index contributed by atoms with van der Waals surface area (Å²) in [6, 6.07) is 23.6. The lowest BCUT2D eigenvalue weighted by Crippen LogP contribution is -2.10. The summed E-state index contributed by atoms with van der Waals surface area (Å²) in [6.07, 6.45) is 0.705. The second-order valence-electron chi connectivity index (χ2n) is 7.13. The van der Waals surface area contributed by atoms with E-state index in [1.165, 1.54) is 11.1 Å². The molecule has 0 spiro atoms. The Morgan fingerprint density at radius 2 is 1.71 bits per heavy atom. The minimum Gasteiger partial charge on any atom is -0.485 e. The first-order valence-electron chi connectivity index (χ1n) is 9.84. The summed E-state index contributed by atoms with van der Waals surface area (Å²) in [5, 5.41) is 3.81. The normalized spacial score (nSPS) is 10.6. The minimum atomic E-state index is 0.129. The second kappa shape index (κ2) is 9.45. The molecule has 0 amide bonds. The Balaban J connectivity index is 1.50. The van der Waals surface area contributed by atoms with E-state index in [-0.39, 0.29) is 12.6 Å². The average Bonchev–Trinajstić information content (AvgIpc) is 2.75. The number of rotatable bonds is 7. The Bertz CT molecular complexity index is 1170. The molecular weight excluding hydrogens is 410 g/mol. The number of halogens is 1. The van der Waals surface area contributed by atoms with Crippen LogP contribution in [0.4, 0.5) is 17.6 Å². The molecule has 0 saturated heterocycles. The van der Waals surface area contributed by atoms with Gasteiger partial charge in [-0.05, 0) is 48.4 Å². The molecule has 0 fully saturated rings. The van der Waals surface area contributed by atoms with Crippen LogP contribution < -0.4 is 15.8 Å². The number of benzene rings is 3. The van der Waals surface area contributed by atoms with Crippen LogP contribution in [-0.4, -0.2) is 15.0 Å². The first-order valence-corrected chi connectivity index (χ1v) is 10.2. The fourth-order valence-electron chi connectivity index (χ4n) is 3.11. The Kier molecular flexibility index (Phi) is 6.29. The van der Waals surface area contributed by atoms with Crippen molar-refractivity contribution in [3.05, 3.63) is 100 Å². The molecule has 0 aliphatic rings. The summed E-state index contributed by atoms with van der Waals surface area (Å²) < 4.78 is 6.03. The van der Waals surface area contributed by atoms with Gasteiger partial charge in [-0.15, -0.1) is 0 Å². The molecule has 3 aromatic carbocycles. The van der Waals surface area contributed by atoms with E-state index in [0.717, 1.165) is 17.0 Å². The Morgan fingerprint density at radius 3 is 2.48 bits per heavy atom. The quantitative estimate of drug-likeness (QED) is 0.411. The smallest absolute Gasteiger partial charge is 0.232 e. The fourth-order valence-corrected chi connectivity index (χ4v) is 3.30. The van der Waals surface area contributed by atoms with Gasteiger partial charge in [0.1, 0.15) is 12.4 Å². The van der Waals surface area contributed by atoms with Gasteiger partial charge >= 0.3 is 0 Å². The topological polar surface area (TPSA) is 86.0 Å². The van der Waals surface area contributed by atoms with Crippen molar-refractivity contribution in [1.82, 2.24) is 15.0 Å². The maximum Gasteiger partial charge on any atom is 0.232 e. The predicted octanol–water partition coefficient (Wildman–Crippen LogP) is 5.33. The molecule has 4 aromatic rings. The number of aromatic nitrogens is 3. The van der Waals surface area contributed by atoms with E-state index < -0.39 is 0 Å². The van der Waals surface area contributed by atoms with E-state index in [1.807, 2.05) is 61.5 Å². The number of nitrogen functional groups attached to an aromatic ring is 1. The van der Waals surface area contributed by atoms with E-state index in [4.69, 9.17) is 22.1 Å². The van der Waals surface area contributed by atoms with Gasteiger partial charge in [0.15, 0.2) is 5.82 Å². The zero-order valence-corrected chi connectivity index (χ0v) is 17.8. The van der Waals surface area contributed by atoms with E-state index in [0.29, 0.717) is 23.2 Å². The highest BCUT2D eigenvalue weighted by Crippen LogP contribution is 2.26. The van der Waals surface area contributed by atoms with Gasteiger partial charge in [0, 0.05) is 17.1 Å². The van der Waals surface area contributed by atoms with Gasteiger partial charge in [-0.2, -0.15) is 15.0 Å². The molecule has 0 atom stereocenters. The van der Waals surface area contributed by atoms with Crippen LogP contribution in [0.2, 0.25) is 5.02 Å². The van der Waals surface area contributed by atoms with Gasteiger partial charge in [0.25, 0.3) is 0 Å². The standard InChI is InChI=1S/C24H22ClN5O/c1-16-7-10-20(11-8-16)27-24-29-22(28-23(26)30-24)15-31-21-12-9-19(25)14-18(21)13-17-5-3-2-4-6-17/h2-12,14H,13,15H2,1H3,(H3,26,27,28,29,30). The molecule has 0 unspecified atom stereocenters. The van der Waals surface area contributed by atoms with Gasteiger partial charge in [-0.25, -0.2) is 0 Å². The third-order valence-electron chi connectivity index (χ3n) is 4.62. The van der Waals surface area contributed by atoms with Crippen LogP contribution in [0, 0.1) is 6.92 Å². The lowest BCUT2D eigenvalue weighted by molar-refractivity contribution is 0.293. The number of nitrogens with two attached hydrogens (primary N) is 1. The summed E-state index contributed by atoms with van der Waals surface area (Å²) in [5.41, 5.74) is 10.1. The van der Waals surface area contributed by atoms with Crippen LogP contribution in [0.5, 0.6) is 5.75 Å². The monoisotopic (exact) mass is 431 g/mol. The average molecular weight is 432 g/mol. The van der Waals surface area contributed by atoms with Crippen molar-refractivity contribution in [2.75, 3.05) is 11.1 Å². The van der Waals surface area contributed by atoms with Gasteiger partial charge in [0.05, 0.1) is 0 Å². The molecule has 0 aliphatic carbocycles. The zero-order valence-electron chi connectivity index (χ0n) is 17.0. The van der Waals surface area contributed by atoms with Crippen LogP contribution in [0.25, 0.3) is 0 Å². The lowest BCUT2D eigenvalue weighted by Gasteiger charge is -2.13. The van der Waals surface area contributed by atoms with E-state index >= 15 is 0 Å². The zero-order chi connectivity index (χ0) is 21.6. The molecule has 156 valence electrons. The van der Waals surface area contributed by atoms with E-state index in [1.54, 1.807) is 6.07 Å². The first-order chi connectivity index (χ1) is 15.0. The maximum absolute atomic E-state index is 6.22. The minimum absolute atomic E-state index is 0.129. The van der Waals surface area contributed by atoms with Crippen molar-refractivity contribution >= 4 is 29.2 Å². The number of anilines is 3. The summed E-state index contributed by atoms with van der Waals surface area (Å²) >= 11 is 6.22. The van der Waals surface area contributed by atoms with Crippen LogP contribution in [0.1, 0.15) is 22.5 Å². The molecule has 31 heavy (non-hydrogen) atoms. The van der Waals surface area contributed by atoms with Crippen LogP contribution >= 0.6 is 11.6 Å². The summed E-state index contributed by atoms with van der Waals surface area (Å²) in [5.74, 6) is 1.65. The second-order valence-corrected chi connectivity index (χ2v) is 7.56. The number of hydrogen-bond donors (Lipinski definition) is 2. The van der Waals surface area contributed by atoms with Crippen molar-refractivity contribution in [3.8, 4) is 5.75 Å². The molecule has 0 radical (unpaired) electrons. The number of hydrogen-bond acceptors (Lipinski definition) is 6. The Hall–Kier alpha value is -3.64. The molecule has 6 nitrogen and oxygen atoms in total. The molecule has 0 aliphatic heterocycles. The molecule has 7 heteroatoms. The Morgan fingerprint density at radius 1 is 0.935 bits per heavy atom. The largest absolute Gasteiger partial charge is 0.485 e. The van der Waals surface area contributed by atoms with Gasteiger partial charge in [0.2, 0.25) is 11.9 Å². The number of nitrogens with zero attached hydrogens (tertiary/aromatic N) is 3.